The average molecular weight is 1370 g/mol. The number of nitrogens with two attached hydrogens (primary N) is 1. The second-order valence-corrected chi connectivity index (χ2v) is 26.1. The fourth-order valence-corrected chi connectivity index (χ4v) is 13.8. The van der Waals surface area contributed by atoms with Crippen molar-refractivity contribution in [3.05, 3.63) is 77.9 Å². The molecule has 13 atom stereocenters. The van der Waals surface area contributed by atoms with E-state index >= 15 is 0 Å². The van der Waals surface area contributed by atoms with Crippen molar-refractivity contribution in [2.45, 2.75) is 151 Å². The Hall–Kier alpha value is -6.67. The standard InChI is InChI=1S/C61H80N12O19S2.Na/c1-30-4-13-37(14-5-30)70-18-20-71(21-19-70)38-15-11-36(12-16-38)59-69-68-58(93-59)35-9-7-34(8-10-35)53(82)64-41-24-39(75)27-63-57(86)51-52(81)31(2)28-73(51)61(88)50(45(79)26-47(62)80)67-56(85)49(44(78)22-33-6-17-43(77)46(23-33)90-94-92-91-89)66-55(84)42-25-40(76)29-72(42)60(87)48(32(3)74)65-54(41)83;/h6-12,15-17,23,30-32,37,39-42,44-45,48-52,74-79,81,89H,4-5,13-14,18-22,24-29H2,1-3H3,(H2,62,80)(H,63,86)(H,64,82)(H,65,83)(H,66,84)(H,67,85);/q;+1/p-1/t30?,31?,32?,37?,39?,40?,41-,42?,44?,45?,48?,49?,50?,51?,52?;/m0./s1. The van der Waals surface area contributed by atoms with Crippen LogP contribution in [-0.4, -0.2) is 233 Å². The van der Waals surface area contributed by atoms with Crippen molar-refractivity contribution in [3.8, 4) is 32.6 Å². The number of phenolic OH excluding ortho intramolecular Hbond substituents is 1. The zero-order valence-electron chi connectivity index (χ0n) is 52.7. The zero-order chi connectivity index (χ0) is 67.7. The quantitative estimate of drug-likeness (QED) is 0.0154. The third-order valence-electron chi connectivity index (χ3n) is 17.9. The number of rotatable bonds is 17. The molecule has 5 aliphatic rings. The Morgan fingerprint density at radius 3 is 2.01 bits per heavy atom. The first-order valence-corrected chi connectivity index (χ1v) is 32.5. The molecule has 9 rings (SSSR count). The molecule has 8 amide bonds. The van der Waals surface area contributed by atoms with E-state index in [4.69, 9.17) is 9.92 Å². The van der Waals surface area contributed by atoms with E-state index in [2.05, 4.69) is 75.0 Å². The number of piperazine rings is 1. The molecular weight excluding hydrogens is 1290 g/mol. The first-order chi connectivity index (χ1) is 44.9. The van der Waals surface area contributed by atoms with Crippen molar-refractivity contribution >= 4 is 76.6 Å². The van der Waals surface area contributed by atoms with E-state index in [0.29, 0.717) is 21.6 Å². The van der Waals surface area contributed by atoms with Crippen LogP contribution in [0.4, 0.5) is 5.69 Å². The van der Waals surface area contributed by atoms with Crippen LogP contribution in [0.25, 0.3) is 21.1 Å². The van der Waals surface area contributed by atoms with Crippen LogP contribution in [-0.2, 0) is 49.4 Å². The Labute approximate surface area is 577 Å². The first kappa shape index (κ1) is 74.1. The molecule has 4 aromatic rings. The van der Waals surface area contributed by atoms with E-state index in [1.807, 2.05) is 12.1 Å². The fraction of sp³-hybridized carbons (Fsp3) is 0.541. The number of aromatic nitrogens is 2. The van der Waals surface area contributed by atoms with E-state index in [0.717, 1.165) is 72.2 Å². The molecule has 1 aliphatic carbocycles. The molecule has 3 aromatic carbocycles. The van der Waals surface area contributed by atoms with Gasteiger partial charge in [0, 0.05) is 99.4 Å². The summed E-state index contributed by atoms with van der Waals surface area (Å²) in [4.78, 5) is 120. The number of aromatic hydroxyl groups is 1. The number of primary amides is 1. The van der Waals surface area contributed by atoms with Gasteiger partial charge in [-0.25, -0.2) is 0 Å². The van der Waals surface area contributed by atoms with Gasteiger partial charge in [-0.05, 0) is 92.6 Å². The number of fused-ring (bicyclic) bond motifs is 2. The van der Waals surface area contributed by atoms with Crippen molar-refractivity contribution in [2.24, 2.45) is 17.6 Å². The van der Waals surface area contributed by atoms with Gasteiger partial charge in [-0.1, -0.05) is 43.4 Å². The van der Waals surface area contributed by atoms with Crippen molar-refractivity contribution in [3.63, 3.8) is 0 Å². The number of amides is 8. The number of aliphatic hydroxyl groups is 6. The number of aliphatic hydroxyl groups excluding tert-OH is 6. The molecule has 0 spiro atoms. The molecule has 4 saturated heterocycles. The van der Waals surface area contributed by atoms with Gasteiger partial charge in [0.05, 0.1) is 43.0 Å². The van der Waals surface area contributed by atoms with E-state index in [1.54, 1.807) is 12.1 Å². The smallest absolute Gasteiger partial charge is 0.691 e. The number of β-amino-alcohol motifs (C(OH)–C–C–N with tert-alkyl or cyclic N) is 1. The molecule has 1 aromatic heterocycles. The molecule has 34 heteroatoms. The number of hydrogen-bond acceptors (Lipinski definition) is 25. The fourth-order valence-electron chi connectivity index (χ4n) is 12.6. The number of anilines is 1. The third-order valence-corrected chi connectivity index (χ3v) is 19.3. The van der Waals surface area contributed by atoms with Crippen molar-refractivity contribution in [1.82, 2.24) is 51.5 Å². The third kappa shape index (κ3) is 18.5. The largest absolute Gasteiger partial charge is 1.00 e. The molecule has 0 radical (unpaired) electrons. The summed E-state index contributed by atoms with van der Waals surface area (Å²) in [7, 11) is 0. The summed E-state index contributed by atoms with van der Waals surface area (Å²) < 4.78 is 9.17. The molecule has 0 bridgehead atoms. The van der Waals surface area contributed by atoms with Gasteiger partial charge in [-0.2, -0.15) is 0 Å². The predicted molar refractivity (Wildman–Crippen MR) is 333 cm³/mol. The molecule has 95 heavy (non-hydrogen) atoms. The summed E-state index contributed by atoms with van der Waals surface area (Å²) >= 11 is 1.33. The van der Waals surface area contributed by atoms with Gasteiger partial charge in [-0.15, -0.1) is 14.5 Å². The monoisotopic (exact) mass is 1370 g/mol. The minimum Gasteiger partial charge on any atom is -0.691 e. The molecule has 510 valence electrons. The maximum atomic E-state index is 14.7. The number of phenols is 1. The molecule has 1 saturated carbocycles. The van der Waals surface area contributed by atoms with Crippen LogP contribution >= 0.6 is 23.7 Å². The number of benzene rings is 3. The van der Waals surface area contributed by atoms with Gasteiger partial charge in [0.1, 0.15) is 46.3 Å². The van der Waals surface area contributed by atoms with Gasteiger partial charge in [0.25, 0.3) is 18.2 Å². The summed E-state index contributed by atoms with van der Waals surface area (Å²) in [5, 5.41) is 114. The Bertz CT molecular complexity index is 3350. The van der Waals surface area contributed by atoms with E-state index in [9.17, 15) is 79.4 Å². The van der Waals surface area contributed by atoms with Crippen LogP contribution in [0.2, 0.25) is 0 Å². The number of carbonyl (C=O) groups excluding carboxylic acids is 8. The second kappa shape index (κ2) is 33.5. The maximum Gasteiger partial charge on any atom is 1.00 e. The Morgan fingerprint density at radius 2 is 1.38 bits per heavy atom. The van der Waals surface area contributed by atoms with Crippen LogP contribution in [0.15, 0.2) is 66.7 Å². The summed E-state index contributed by atoms with van der Waals surface area (Å²) in [6.07, 6.45) is -8.55. The number of hydrogen-bond donors (Lipinski definition) is 13. The molecule has 31 nitrogen and oxygen atoms in total. The number of carbonyl (C=O) groups is 8. The van der Waals surface area contributed by atoms with Gasteiger partial charge in [0.15, 0.2) is 11.5 Å². The summed E-state index contributed by atoms with van der Waals surface area (Å²) in [6.45, 7) is 7.15. The van der Waals surface area contributed by atoms with E-state index in [1.165, 1.54) is 62.1 Å². The van der Waals surface area contributed by atoms with Crippen LogP contribution < -0.4 is 76.2 Å². The molecule has 12 unspecified atom stereocenters. The minimum absolute atomic E-state index is 0. The number of nitrogens with zero attached hydrogens (tertiary/aromatic N) is 6. The molecule has 14 N–H and O–H groups in total. The minimum atomic E-state index is -2.22. The van der Waals surface area contributed by atoms with Crippen molar-refractivity contribution in [1.29, 1.82) is 0 Å². The summed E-state index contributed by atoms with van der Waals surface area (Å²) in [6, 6.07) is 6.78. The van der Waals surface area contributed by atoms with Crippen molar-refractivity contribution < 1.29 is 122 Å². The SMILES string of the molecule is CC1CCC(N2CCN(c3ccc(-c4nnc(-c5ccc(C(=O)N[C@H]6CC(O)CNC(=O)C7C(O)C(C)CN7C(=O)C(C(O)CC(N)=O)NC(=O)C(C(O)Cc7ccc(O)c(OSOO[O-])c7)NC(=O)C7CC(O)CN7C(=O)C(C(C)O)NC6=O)cc5)s4)cc3)CC2)CC1.[Na+]. The Morgan fingerprint density at radius 1 is 0.758 bits per heavy atom. The van der Waals surface area contributed by atoms with Crippen LogP contribution in [0, 0.1) is 11.8 Å². The molecule has 4 aliphatic heterocycles. The summed E-state index contributed by atoms with van der Waals surface area (Å²) in [5.41, 5.74) is 8.10. The van der Waals surface area contributed by atoms with E-state index in [-0.39, 0.29) is 58.8 Å². The van der Waals surface area contributed by atoms with Crippen LogP contribution in [0.3, 0.4) is 0 Å². The van der Waals surface area contributed by atoms with Crippen LogP contribution in [0.5, 0.6) is 11.5 Å². The molecule has 5 fully saturated rings. The molecule has 5 heterocycles. The van der Waals surface area contributed by atoms with Gasteiger partial charge < -0.3 is 92.2 Å². The maximum absolute atomic E-state index is 14.7. The van der Waals surface area contributed by atoms with Crippen molar-refractivity contribution in [2.75, 3.05) is 50.7 Å². The predicted octanol–water partition coefficient (Wildman–Crippen LogP) is -5.73. The average Bonchev–Trinajstić information content (AvgIpc) is 1.69. The van der Waals surface area contributed by atoms with Crippen LogP contribution in [0.1, 0.15) is 81.6 Å². The summed E-state index contributed by atoms with van der Waals surface area (Å²) in [5.74, 6) is -10.3. The second-order valence-electron chi connectivity index (χ2n) is 24.7. The topological polar surface area (TPSA) is 454 Å². The van der Waals surface area contributed by atoms with Gasteiger partial charge >= 0.3 is 29.6 Å². The normalized spacial score (nSPS) is 27.9. The zero-order valence-corrected chi connectivity index (χ0v) is 56.4. The molecular formula is C61H79N12NaO19S2. The van der Waals surface area contributed by atoms with Gasteiger partial charge in [-0.3, -0.25) is 48.3 Å². The Kier molecular flexibility index (Phi) is 26.2. The number of nitrogens with one attached hydrogen (secondary N) is 5. The Balaban J connectivity index is 0.0000116. The van der Waals surface area contributed by atoms with Gasteiger partial charge in [0.2, 0.25) is 41.4 Å². The first-order valence-electron chi connectivity index (χ1n) is 31.0. The van der Waals surface area contributed by atoms with E-state index < -0.39 is 177 Å².